The van der Waals surface area contributed by atoms with Gasteiger partial charge in [-0.2, -0.15) is 4.98 Å². The Morgan fingerprint density at radius 2 is 2.08 bits per heavy atom. The molecule has 142 valence electrons. The topological polar surface area (TPSA) is 69.3 Å². The third-order valence-electron chi connectivity index (χ3n) is 6.67. The first kappa shape index (κ1) is 17.7. The van der Waals surface area contributed by atoms with Crippen LogP contribution in [0.5, 0.6) is 0 Å². The normalized spacial score (nSPS) is 28.7. The summed E-state index contributed by atoms with van der Waals surface area (Å²) in [6, 6.07) is 0.698. The highest BCUT2D eigenvalue weighted by molar-refractivity contribution is 5.76. The number of piperidine rings is 3. The van der Waals surface area contributed by atoms with Gasteiger partial charge in [-0.15, -0.1) is 0 Å². The number of aromatic amines is 1. The lowest BCUT2D eigenvalue weighted by atomic mass is 9.76. The van der Waals surface area contributed by atoms with E-state index < -0.39 is 0 Å². The number of hydrogen-bond donors (Lipinski definition) is 1. The second-order valence-electron chi connectivity index (χ2n) is 8.45. The summed E-state index contributed by atoms with van der Waals surface area (Å²) >= 11 is 0. The van der Waals surface area contributed by atoms with E-state index in [0.29, 0.717) is 30.7 Å². The van der Waals surface area contributed by atoms with Crippen LogP contribution in [0.4, 0.5) is 0 Å². The van der Waals surface area contributed by atoms with E-state index in [1.54, 1.807) is 0 Å². The number of carbonyl (C=O) groups excluding carboxylic acids is 1. The fourth-order valence-corrected chi connectivity index (χ4v) is 5.48. The van der Waals surface area contributed by atoms with Crippen LogP contribution < -0.4 is 5.69 Å². The van der Waals surface area contributed by atoms with Crippen LogP contribution in [-0.2, 0) is 11.2 Å². The Labute approximate surface area is 155 Å². The molecule has 0 unspecified atom stereocenters. The Morgan fingerprint density at radius 3 is 2.88 bits per heavy atom. The van der Waals surface area contributed by atoms with Crippen LogP contribution in [0.15, 0.2) is 4.79 Å². The predicted molar refractivity (Wildman–Crippen MR) is 100 cm³/mol. The van der Waals surface area contributed by atoms with Gasteiger partial charge in [0.2, 0.25) is 5.91 Å². The van der Waals surface area contributed by atoms with Crippen molar-refractivity contribution in [2.45, 2.75) is 58.4 Å². The Balaban J connectivity index is 1.39. The molecule has 1 N–H and O–H groups in total. The van der Waals surface area contributed by atoms with Crippen LogP contribution in [0.2, 0.25) is 0 Å². The maximum Gasteiger partial charge on any atom is 0.345 e. The summed E-state index contributed by atoms with van der Waals surface area (Å²) in [5, 5.41) is 0. The van der Waals surface area contributed by atoms with E-state index in [1.807, 2.05) is 13.8 Å². The van der Waals surface area contributed by atoms with Gasteiger partial charge in [0.25, 0.3) is 0 Å². The molecule has 0 radical (unpaired) electrons. The van der Waals surface area contributed by atoms with E-state index in [4.69, 9.17) is 0 Å². The molecule has 0 saturated carbocycles. The zero-order valence-corrected chi connectivity index (χ0v) is 16.0. The number of rotatable bonds is 3. The molecule has 3 aliphatic heterocycles. The van der Waals surface area contributed by atoms with Gasteiger partial charge >= 0.3 is 5.69 Å². The Kier molecular flexibility index (Phi) is 4.86. The van der Waals surface area contributed by atoms with E-state index in [1.165, 1.54) is 38.8 Å². The molecule has 26 heavy (non-hydrogen) atoms. The zero-order valence-electron chi connectivity index (χ0n) is 16.0. The lowest BCUT2D eigenvalue weighted by molar-refractivity contribution is -0.137. The molecule has 1 amide bonds. The van der Waals surface area contributed by atoms with Gasteiger partial charge in [0, 0.05) is 43.5 Å². The number of nitrogens with zero attached hydrogens (tertiary/aromatic N) is 3. The van der Waals surface area contributed by atoms with E-state index in [2.05, 4.69) is 19.8 Å². The lowest BCUT2D eigenvalue weighted by Gasteiger charge is -2.52. The van der Waals surface area contributed by atoms with Gasteiger partial charge in [-0.25, -0.2) is 4.79 Å². The van der Waals surface area contributed by atoms with Crippen molar-refractivity contribution < 1.29 is 4.79 Å². The van der Waals surface area contributed by atoms with E-state index in [-0.39, 0.29) is 11.6 Å². The molecular formula is C20H30N4O2. The van der Waals surface area contributed by atoms with E-state index in [0.717, 1.165) is 30.0 Å². The summed E-state index contributed by atoms with van der Waals surface area (Å²) in [6.45, 7) is 8.01. The number of aryl methyl sites for hydroxylation is 2. The highest BCUT2D eigenvalue weighted by Crippen LogP contribution is 2.37. The molecule has 3 fully saturated rings. The summed E-state index contributed by atoms with van der Waals surface area (Å²) in [7, 11) is 0. The molecule has 6 heteroatoms. The largest absolute Gasteiger partial charge is 0.345 e. The number of H-pyrrole nitrogens is 1. The molecular weight excluding hydrogens is 328 g/mol. The molecule has 0 aromatic carbocycles. The second kappa shape index (κ2) is 7.14. The average Bonchev–Trinajstić information content (AvgIpc) is 2.60. The molecule has 4 heterocycles. The van der Waals surface area contributed by atoms with Crippen molar-refractivity contribution in [2.24, 2.45) is 11.8 Å². The second-order valence-corrected chi connectivity index (χ2v) is 8.45. The van der Waals surface area contributed by atoms with Gasteiger partial charge < -0.3 is 9.88 Å². The molecule has 4 rings (SSSR count). The summed E-state index contributed by atoms with van der Waals surface area (Å²) < 4.78 is 0. The molecule has 0 aliphatic carbocycles. The highest BCUT2D eigenvalue weighted by Gasteiger charge is 2.42. The minimum atomic E-state index is -0.309. The monoisotopic (exact) mass is 358 g/mol. The van der Waals surface area contributed by atoms with E-state index >= 15 is 0 Å². The Bertz CT molecular complexity index is 718. The van der Waals surface area contributed by atoms with Crippen LogP contribution in [0.1, 0.15) is 49.1 Å². The molecule has 3 saturated heterocycles. The van der Waals surface area contributed by atoms with Crippen LogP contribution in [0, 0.1) is 25.7 Å². The minimum absolute atomic E-state index is 0.258. The first-order chi connectivity index (χ1) is 12.5. The van der Waals surface area contributed by atoms with Crippen molar-refractivity contribution >= 4 is 5.91 Å². The molecule has 2 bridgehead atoms. The Hall–Kier alpha value is -1.69. The van der Waals surface area contributed by atoms with Crippen LogP contribution >= 0.6 is 0 Å². The fourth-order valence-electron chi connectivity index (χ4n) is 5.48. The van der Waals surface area contributed by atoms with Gasteiger partial charge in [0.05, 0.1) is 0 Å². The van der Waals surface area contributed by atoms with Gasteiger partial charge in [0.1, 0.15) is 0 Å². The lowest BCUT2D eigenvalue weighted by Crippen LogP contribution is -2.59. The van der Waals surface area contributed by atoms with Gasteiger partial charge in [-0.05, 0) is 63.5 Å². The van der Waals surface area contributed by atoms with Crippen LogP contribution in [0.3, 0.4) is 0 Å². The van der Waals surface area contributed by atoms with Crippen molar-refractivity contribution in [3.8, 4) is 0 Å². The van der Waals surface area contributed by atoms with Crippen LogP contribution in [-0.4, -0.2) is 57.9 Å². The van der Waals surface area contributed by atoms with Gasteiger partial charge in [-0.1, -0.05) is 6.42 Å². The maximum absolute atomic E-state index is 12.9. The number of nitrogens with one attached hydrogen (secondary N) is 1. The third kappa shape index (κ3) is 3.43. The predicted octanol–water partition coefficient (Wildman–Crippen LogP) is 1.65. The minimum Gasteiger partial charge on any atom is -0.342 e. The van der Waals surface area contributed by atoms with Gasteiger partial charge in [-0.3, -0.25) is 9.69 Å². The molecule has 0 spiro atoms. The molecule has 3 atom stereocenters. The number of aromatic nitrogens is 2. The van der Waals surface area contributed by atoms with E-state index in [9.17, 15) is 9.59 Å². The van der Waals surface area contributed by atoms with Crippen molar-refractivity contribution in [3.05, 3.63) is 27.4 Å². The average molecular weight is 358 g/mol. The zero-order chi connectivity index (χ0) is 18.3. The molecule has 1 aromatic heterocycles. The molecule has 6 nitrogen and oxygen atoms in total. The fraction of sp³-hybridized carbons (Fsp3) is 0.750. The number of likely N-dealkylation sites (tertiary alicyclic amines) is 1. The first-order valence-corrected chi connectivity index (χ1v) is 10.1. The third-order valence-corrected chi connectivity index (χ3v) is 6.67. The number of amides is 1. The van der Waals surface area contributed by atoms with Gasteiger partial charge in [0.15, 0.2) is 0 Å². The maximum atomic E-state index is 12.9. The number of hydrogen-bond acceptors (Lipinski definition) is 4. The van der Waals surface area contributed by atoms with Crippen molar-refractivity contribution in [1.82, 2.24) is 19.8 Å². The molecule has 3 aliphatic rings. The number of carbonyl (C=O) groups is 1. The SMILES string of the molecule is Cc1nc(=O)[nH]c(C)c1CCC(=O)N1C[C@@H]2C[C@H](C1)[C@@H]1CCCCN1C2. The van der Waals surface area contributed by atoms with Crippen LogP contribution in [0.25, 0.3) is 0 Å². The molecule has 1 aromatic rings. The number of fused-ring (bicyclic) bond motifs is 4. The smallest absolute Gasteiger partial charge is 0.342 e. The standard InChI is InChI=1S/C20H30N4O2/c1-13-17(14(2)22-20(26)21-13)6-7-19(25)24-11-15-9-16(12-24)18-5-3-4-8-23(18)10-15/h15-16,18H,3-12H2,1-2H3,(H,21,22,26)/t15-,16-,18+/m1/s1. The first-order valence-electron chi connectivity index (χ1n) is 10.1. The Morgan fingerprint density at radius 1 is 1.23 bits per heavy atom. The van der Waals surface area contributed by atoms with Crippen molar-refractivity contribution in [3.63, 3.8) is 0 Å². The summed E-state index contributed by atoms with van der Waals surface area (Å²) in [5.41, 5.74) is 2.28. The quantitative estimate of drug-likeness (QED) is 0.892. The highest BCUT2D eigenvalue weighted by atomic mass is 16.2. The summed E-state index contributed by atoms with van der Waals surface area (Å²) in [5.74, 6) is 1.56. The van der Waals surface area contributed by atoms with Crippen molar-refractivity contribution in [1.29, 1.82) is 0 Å². The summed E-state index contributed by atoms with van der Waals surface area (Å²) in [4.78, 5) is 35.8. The van der Waals surface area contributed by atoms with Crippen molar-refractivity contribution in [2.75, 3.05) is 26.2 Å². The summed E-state index contributed by atoms with van der Waals surface area (Å²) in [6.07, 6.45) is 6.44.